The Labute approximate surface area is 150 Å². The van der Waals surface area contributed by atoms with Crippen molar-refractivity contribution in [2.45, 2.75) is 18.9 Å². The molecule has 0 heterocycles. The van der Waals surface area contributed by atoms with Crippen molar-refractivity contribution in [3.63, 3.8) is 0 Å². The molecular formula is C18H20N2O2Zn. The van der Waals surface area contributed by atoms with Crippen LogP contribution in [0.1, 0.15) is 28.8 Å². The van der Waals surface area contributed by atoms with E-state index in [0.717, 1.165) is 5.56 Å². The number of esters is 1. The van der Waals surface area contributed by atoms with Crippen LogP contribution in [-0.4, -0.2) is 12.1 Å². The Hall–Kier alpha value is -2.00. The number of hydrogen-bond donors (Lipinski definition) is 2. The summed E-state index contributed by atoms with van der Waals surface area (Å²) in [6, 6.07) is 14.6. The molecule has 5 heteroatoms. The van der Waals surface area contributed by atoms with E-state index in [0.29, 0.717) is 29.8 Å². The van der Waals surface area contributed by atoms with Gasteiger partial charge in [0.15, 0.2) is 0 Å². The zero-order valence-electron chi connectivity index (χ0n) is 13.1. The Kier molecular flexibility index (Phi) is 7.63. The number of hydrogen-bond acceptors (Lipinski definition) is 4. The number of carbonyl (C=O) groups excluding carboxylic acids is 1. The smallest absolute Gasteiger partial charge is 0.462 e. The molecule has 0 amide bonds. The molecule has 2 rings (SSSR count). The maximum Gasteiger partial charge on any atom is 2.00 e. The van der Waals surface area contributed by atoms with E-state index in [-0.39, 0.29) is 25.6 Å². The quantitative estimate of drug-likeness (QED) is 0.358. The molecule has 1 atom stereocenters. The monoisotopic (exact) mass is 360 g/mol. The standard InChI is InChI=1S/C18H20N2O2.Zn/c1-2-17(9-8-13-6-4-3-5-7-13)22-18(21)14-10-15(19)12-16(20)11-14;/h3-8,10-12,17H,1-2,9,19-20H2;/q-2;+2/t17-;/m0./s1. The topological polar surface area (TPSA) is 78.3 Å². The Bertz CT molecular complexity index is 612. The SMILES string of the molecule is [CH2-]C[C@@H](C[CH-]c1ccccc1)OC(=O)c1cc(N)cc(N)c1.[Zn+2]. The summed E-state index contributed by atoms with van der Waals surface area (Å²) >= 11 is 0. The van der Waals surface area contributed by atoms with E-state index < -0.39 is 5.97 Å². The Morgan fingerprint density at radius 2 is 1.74 bits per heavy atom. The first kappa shape index (κ1) is 19.1. The van der Waals surface area contributed by atoms with Crippen LogP contribution in [0, 0.1) is 13.3 Å². The molecule has 0 saturated carbocycles. The van der Waals surface area contributed by atoms with E-state index in [1.165, 1.54) is 0 Å². The zero-order chi connectivity index (χ0) is 15.9. The third kappa shape index (κ3) is 5.95. The van der Waals surface area contributed by atoms with Crippen LogP contribution in [0.5, 0.6) is 0 Å². The molecule has 4 N–H and O–H groups in total. The second kappa shape index (κ2) is 9.21. The molecular weight excluding hydrogens is 342 g/mol. The molecule has 0 spiro atoms. The van der Waals surface area contributed by atoms with Crippen molar-refractivity contribution in [3.05, 3.63) is 73.0 Å². The number of ether oxygens (including phenoxy) is 1. The fourth-order valence-corrected chi connectivity index (χ4v) is 2.10. The summed E-state index contributed by atoms with van der Waals surface area (Å²) in [7, 11) is 0. The molecule has 4 nitrogen and oxygen atoms in total. The number of anilines is 2. The normalized spacial score (nSPS) is 11.2. The second-order valence-electron chi connectivity index (χ2n) is 5.05. The fraction of sp³-hybridized carbons (Fsp3) is 0.167. The molecule has 23 heavy (non-hydrogen) atoms. The summed E-state index contributed by atoms with van der Waals surface area (Å²) in [4.78, 5) is 12.2. The molecule has 0 fully saturated rings. The Morgan fingerprint density at radius 3 is 2.30 bits per heavy atom. The van der Waals surface area contributed by atoms with Gasteiger partial charge in [-0.15, -0.1) is 18.6 Å². The van der Waals surface area contributed by atoms with Crippen molar-refractivity contribution < 1.29 is 29.0 Å². The van der Waals surface area contributed by atoms with E-state index in [1.54, 1.807) is 18.2 Å². The number of nitrogen functional groups attached to an aromatic ring is 2. The van der Waals surface area contributed by atoms with E-state index in [2.05, 4.69) is 6.92 Å². The van der Waals surface area contributed by atoms with Crippen molar-refractivity contribution in [1.29, 1.82) is 0 Å². The summed E-state index contributed by atoms with van der Waals surface area (Å²) in [6.45, 7) is 3.83. The minimum atomic E-state index is -0.436. The van der Waals surface area contributed by atoms with Gasteiger partial charge in [0.2, 0.25) is 0 Å². The minimum absolute atomic E-state index is 0. The van der Waals surface area contributed by atoms with Crippen molar-refractivity contribution >= 4 is 17.3 Å². The van der Waals surface area contributed by atoms with Crippen LogP contribution in [0.4, 0.5) is 11.4 Å². The molecule has 0 radical (unpaired) electrons. The third-order valence-electron chi connectivity index (χ3n) is 3.23. The molecule has 2 aromatic carbocycles. The number of benzene rings is 2. The van der Waals surface area contributed by atoms with Crippen LogP contribution in [0.3, 0.4) is 0 Å². The van der Waals surface area contributed by atoms with Crippen molar-refractivity contribution in [3.8, 4) is 0 Å². The first-order valence-corrected chi connectivity index (χ1v) is 7.13. The zero-order valence-corrected chi connectivity index (χ0v) is 16.0. The van der Waals surface area contributed by atoms with E-state index in [4.69, 9.17) is 16.2 Å². The maximum atomic E-state index is 12.2. The maximum absolute atomic E-state index is 12.2. The van der Waals surface area contributed by atoms with Gasteiger partial charge in [0.1, 0.15) is 0 Å². The molecule has 0 saturated heterocycles. The molecule has 0 aliphatic heterocycles. The van der Waals surface area contributed by atoms with Crippen LogP contribution >= 0.6 is 0 Å². The Morgan fingerprint density at radius 1 is 1.13 bits per heavy atom. The van der Waals surface area contributed by atoms with Gasteiger partial charge in [-0.25, -0.2) is 4.79 Å². The summed E-state index contributed by atoms with van der Waals surface area (Å²) in [5, 5.41) is 0. The number of carbonyl (C=O) groups is 1. The summed E-state index contributed by atoms with van der Waals surface area (Å²) in [6.07, 6.45) is 2.84. The minimum Gasteiger partial charge on any atom is -0.462 e. The van der Waals surface area contributed by atoms with Crippen LogP contribution < -0.4 is 11.5 Å². The molecule has 2 aromatic rings. The van der Waals surface area contributed by atoms with Gasteiger partial charge in [-0.1, -0.05) is 6.07 Å². The predicted molar refractivity (Wildman–Crippen MR) is 88.9 cm³/mol. The van der Waals surface area contributed by atoms with Gasteiger partial charge in [-0.3, -0.25) is 0 Å². The molecule has 0 unspecified atom stereocenters. The summed E-state index contributed by atoms with van der Waals surface area (Å²) in [5.74, 6) is -0.436. The van der Waals surface area contributed by atoms with E-state index in [9.17, 15) is 4.79 Å². The second-order valence-corrected chi connectivity index (χ2v) is 5.05. The van der Waals surface area contributed by atoms with Crippen molar-refractivity contribution in [1.82, 2.24) is 0 Å². The third-order valence-corrected chi connectivity index (χ3v) is 3.23. The molecule has 0 aliphatic carbocycles. The van der Waals surface area contributed by atoms with Crippen molar-refractivity contribution in [2.75, 3.05) is 11.5 Å². The average Bonchev–Trinajstić information content (AvgIpc) is 2.51. The van der Waals surface area contributed by atoms with Crippen LogP contribution in [-0.2, 0) is 24.2 Å². The van der Waals surface area contributed by atoms with Gasteiger partial charge in [0.25, 0.3) is 0 Å². The van der Waals surface area contributed by atoms with Crippen LogP contribution in [0.25, 0.3) is 0 Å². The number of nitrogens with two attached hydrogens (primary N) is 2. The number of rotatable bonds is 6. The van der Waals surface area contributed by atoms with Gasteiger partial charge in [0.05, 0.1) is 11.7 Å². The molecule has 0 aliphatic rings. The van der Waals surface area contributed by atoms with E-state index in [1.807, 2.05) is 36.8 Å². The van der Waals surface area contributed by atoms with Gasteiger partial charge in [-0.2, -0.15) is 24.1 Å². The summed E-state index contributed by atoms with van der Waals surface area (Å²) in [5.41, 5.74) is 13.7. The largest absolute Gasteiger partial charge is 2.00 e. The van der Waals surface area contributed by atoms with Crippen LogP contribution in [0.2, 0.25) is 0 Å². The first-order valence-electron chi connectivity index (χ1n) is 7.13. The molecule has 0 aromatic heterocycles. The van der Waals surface area contributed by atoms with Gasteiger partial charge >= 0.3 is 25.4 Å². The van der Waals surface area contributed by atoms with Crippen molar-refractivity contribution in [2.24, 2.45) is 0 Å². The molecule has 0 bridgehead atoms. The van der Waals surface area contributed by atoms with Crippen LogP contribution in [0.15, 0.2) is 48.5 Å². The van der Waals surface area contributed by atoms with Gasteiger partial charge in [0, 0.05) is 11.4 Å². The fourth-order valence-electron chi connectivity index (χ4n) is 2.10. The predicted octanol–water partition coefficient (Wildman–Crippen LogP) is 3.24. The van der Waals surface area contributed by atoms with E-state index >= 15 is 0 Å². The Balaban J connectivity index is 0.00000264. The average molecular weight is 362 g/mol. The first-order chi connectivity index (χ1) is 10.6. The van der Waals surface area contributed by atoms with Gasteiger partial charge in [-0.05, 0) is 24.6 Å². The van der Waals surface area contributed by atoms with Gasteiger partial charge < -0.3 is 23.1 Å². The summed E-state index contributed by atoms with van der Waals surface area (Å²) < 4.78 is 5.47. The molecule has 116 valence electrons.